The Morgan fingerprint density at radius 1 is 1.39 bits per heavy atom. The lowest BCUT2D eigenvalue weighted by Crippen LogP contribution is -2.24. The van der Waals surface area contributed by atoms with Crippen molar-refractivity contribution in [2.75, 3.05) is 7.05 Å². The summed E-state index contributed by atoms with van der Waals surface area (Å²) in [6, 6.07) is 0.157. The Bertz CT molecular complexity index is 486. The van der Waals surface area contributed by atoms with Crippen LogP contribution in [0.3, 0.4) is 0 Å². The van der Waals surface area contributed by atoms with Crippen molar-refractivity contribution in [2.24, 2.45) is 7.05 Å². The van der Waals surface area contributed by atoms with E-state index in [2.05, 4.69) is 27.3 Å². The summed E-state index contributed by atoms with van der Waals surface area (Å²) >= 11 is 0. The average Bonchev–Trinajstić information content (AvgIpc) is 2.96. The van der Waals surface area contributed by atoms with Crippen LogP contribution >= 0.6 is 0 Å². The molecule has 0 aliphatic heterocycles. The van der Waals surface area contributed by atoms with E-state index in [4.69, 9.17) is 0 Å². The normalized spacial score (nSPS) is 12.8. The zero-order valence-electron chi connectivity index (χ0n) is 11.2. The summed E-state index contributed by atoms with van der Waals surface area (Å²) < 4.78 is 4.00. The van der Waals surface area contributed by atoms with Crippen LogP contribution in [-0.2, 0) is 20.0 Å². The van der Waals surface area contributed by atoms with Gasteiger partial charge in [0, 0.05) is 32.4 Å². The van der Waals surface area contributed by atoms with E-state index in [9.17, 15) is 0 Å². The molecule has 2 heterocycles. The molecule has 98 valence electrons. The fourth-order valence-electron chi connectivity index (χ4n) is 2.06. The number of aromatic nitrogens is 5. The van der Waals surface area contributed by atoms with Crippen LogP contribution in [0, 0.1) is 0 Å². The summed E-state index contributed by atoms with van der Waals surface area (Å²) in [5, 5.41) is 7.54. The number of rotatable bonds is 6. The van der Waals surface area contributed by atoms with Crippen molar-refractivity contribution >= 4 is 0 Å². The van der Waals surface area contributed by atoms with Crippen molar-refractivity contribution in [3.8, 4) is 0 Å². The lowest BCUT2D eigenvalue weighted by Gasteiger charge is -2.15. The fraction of sp³-hybridized carbons (Fsp3) is 0.583. The minimum Gasteiger partial charge on any atom is -0.337 e. The van der Waals surface area contributed by atoms with Gasteiger partial charge in [-0.3, -0.25) is 4.68 Å². The third-order valence-electron chi connectivity index (χ3n) is 3.04. The van der Waals surface area contributed by atoms with Crippen molar-refractivity contribution in [1.82, 2.24) is 29.6 Å². The summed E-state index contributed by atoms with van der Waals surface area (Å²) in [4.78, 5) is 8.72. The fourth-order valence-corrected chi connectivity index (χ4v) is 2.06. The number of hydrogen-bond donors (Lipinski definition) is 1. The first kappa shape index (κ1) is 12.8. The molecule has 0 fully saturated rings. The molecule has 0 amide bonds. The molecule has 0 radical (unpaired) electrons. The largest absolute Gasteiger partial charge is 0.337 e. The molecule has 0 spiro atoms. The molecule has 6 nitrogen and oxygen atoms in total. The predicted octanol–water partition coefficient (Wildman–Crippen LogP) is 0.925. The maximum atomic E-state index is 4.39. The number of nitrogens with one attached hydrogen (secondary N) is 1. The van der Waals surface area contributed by atoms with Crippen LogP contribution in [0.4, 0.5) is 0 Å². The van der Waals surface area contributed by atoms with E-state index in [1.54, 1.807) is 6.33 Å². The summed E-state index contributed by atoms with van der Waals surface area (Å²) in [6.07, 6.45) is 7.24. The number of imidazole rings is 1. The SMILES string of the molecule is CCCn1ncnc1CC(NC)c1nccn1C. The van der Waals surface area contributed by atoms with E-state index in [-0.39, 0.29) is 6.04 Å². The second kappa shape index (κ2) is 5.77. The van der Waals surface area contributed by atoms with Gasteiger partial charge in [0.05, 0.1) is 6.04 Å². The third kappa shape index (κ3) is 2.59. The maximum Gasteiger partial charge on any atom is 0.138 e. The van der Waals surface area contributed by atoms with Crippen LogP contribution in [0.25, 0.3) is 0 Å². The lowest BCUT2D eigenvalue weighted by molar-refractivity contribution is 0.492. The van der Waals surface area contributed by atoms with Crippen molar-refractivity contribution in [1.29, 1.82) is 0 Å². The summed E-state index contributed by atoms with van der Waals surface area (Å²) in [5.41, 5.74) is 0. The van der Waals surface area contributed by atoms with E-state index in [1.165, 1.54) is 0 Å². The average molecular weight is 248 g/mol. The lowest BCUT2D eigenvalue weighted by atomic mass is 10.2. The molecule has 0 saturated carbocycles. The molecule has 0 bridgehead atoms. The van der Waals surface area contributed by atoms with Gasteiger partial charge in [0.25, 0.3) is 0 Å². The van der Waals surface area contributed by atoms with Crippen LogP contribution in [0.15, 0.2) is 18.7 Å². The van der Waals surface area contributed by atoms with E-state index >= 15 is 0 Å². The van der Waals surface area contributed by atoms with Crippen molar-refractivity contribution in [3.63, 3.8) is 0 Å². The first-order valence-corrected chi connectivity index (χ1v) is 6.27. The van der Waals surface area contributed by atoms with Gasteiger partial charge in [-0.15, -0.1) is 0 Å². The first-order chi connectivity index (χ1) is 8.76. The molecule has 1 unspecified atom stereocenters. The van der Waals surface area contributed by atoms with Gasteiger partial charge in [0.15, 0.2) is 0 Å². The minimum atomic E-state index is 0.157. The van der Waals surface area contributed by atoms with Gasteiger partial charge in [-0.2, -0.15) is 5.10 Å². The minimum absolute atomic E-state index is 0.157. The monoisotopic (exact) mass is 248 g/mol. The third-order valence-corrected chi connectivity index (χ3v) is 3.04. The number of nitrogens with zero attached hydrogens (tertiary/aromatic N) is 5. The van der Waals surface area contributed by atoms with Crippen LogP contribution in [0.1, 0.15) is 31.0 Å². The highest BCUT2D eigenvalue weighted by Crippen LogP contribution is 2.14. The standard InChI is InChI=1S/C12H20N6/c1-4-6-18-11(15-9-16-18)8-10(13-2)12-14-5-7-17(12)3/h5,7,9-10,13H,4,6,8H2,1-3H3. The Labute approximate surface area is 107 Å². The molecule has 0 saturated heterocycles. The second-order valence-electron chi connectivity index (χ2n) is 4.34. The maximum absolute atomic E-state index is 4.39. The summed E-state index contributed by atoms with van der Waals surface area (Å²) in [7, 11) is 3.95. The Balaban J connectivity index is 2.15. The van der Waals surface area contributed by atoms with Gasteiger partial charge in [-0.25, -0.2) is 9.97 Å². The van der Waals surface area contributed by atoms with Crippen molar-refractivity contribution in [3.05, 3.63) is 30.4 Å². The smallest absolute Gasteiger partial charge is 0.138 e. The summed E-state index contributed by atoms with van der Waals surface area (Å²) in [5.74, 6) is 2.02. The molecule has 1 N–H and O–H groups in total. The molecular formula is C12H20N6. The van der Waals surface area contributed by atoms with Crippen LogP contribution < -0.4 is 5.32 Å². The van der Waals surface area contributed by atoms with Gasteiger partial charge in [-0.1, -0.05) is 6.92 Å². The van der Waals surface area contributed by atoms with Crippen LogP contribution in [-0.4, -0.2) is 31.4 Å². The van der Waals surface area contributed by atoms with E-state index < -0.39 is 0 Å². The molecule has 1 atom stereocenters. The van der Waals surface area contributed by atoms with Crippen LogP contribution in [0.5, 0.6) is 0 Å². The first-order valence-electron chi connectivity index (χ1n) is 6.27. The Kier molecular flexibility index (Phi) is 4.09. The number of aryl methyl sites for hydroxylation is 2. The molecular weight excluding hydrogens is 228 g/mol. The molecule has 18 heavy (non-hydrogen) atoms. The van der Waals surface area contributed by atoms with E-state index in [0.717, 1.165) is 31.0 Å². The predicted molar refractivity (Wildman–Crippen MR) is 69.0 cm³/mol. The Morgan fingerprint density at radius 3 is 2.83 bits per heavy atom. The van der Waals surface area contributed by atoms with Crippen LogP contribution in [0.2, 0.25) is 0 Å². The zero-order chi connectivity index (χ0) is 13.0. The highest BCUT2D eigenvalue weighted by Gasteiger charge is 2.17. The second-order valence-corrected chi connectivity index (χ2v) is 4.34. The van der Waals surface area contributed by atoms with Gasteiger partial charge in [-0.05, 0) is 13.5 Å². The van der Waals surface area contributed by atoms with Gasteiger partial charge in [0.1, 0.15) is 18.0 Å². The number of likely N-dealkylation sites (N-methyl/N-ethyl adjacent to an activating group) is 1. The summed E-state index contributed by atoms with van der Waals surface area (Å²) in [6.45, 7) is 3.05. The molecule has 0 aromatic carbocycles. The molecule has 0 aliphatic carbocycles. The van der Waals surface area contributed by atoms with E-state index in [0.29, 0.717) is 0 Å². The Morgan fingerprint density at radius 2 is 2.22 bits per heavy atom. The highest BCUT2D eigenvalue weighted by atomic mass is 15.3. The molecule has 6 heteroatoms. The van der Waals surface area contributed by atoms with Crippen molar-refractivity contribution < 1.29 is 0 Å². The quantitative estimate of drug-likeness (QED) is 0.826. The highest BCUT2D eigenvalue weighted by molar-refractivity contribution is 5.03. The Hall–Kier alpha value is -1.69. The molecule has 2 aromatic heterocycles. The van der Waals surface area contributed by atoms with Crippen molar-refractivity contribution in [2.45, 2.75) is 32.4 Å². The van der Waals surface area contributed by atoms with E-state index in [1.807, 2.05) is 35.7 Å². The van der Waals surface area contributed by atoms with Gasteiger partial charge < -0.3 is 9.88 Å². The topological polar surface area (TPSA) is 60.6 Å². The zero-order valence-corrected chi connectivity index (χ0v) is 11.2. The van der Waals surface area contributed by atoms with Gasteiger partial charge in [0.2, 0.25) is 0 Å². The number of hydrogen-bond acceptors (Lipinski definition) is 4. The molecule has 2 rings (SSSR count). The molecule has 2 aromatic rings. The molecule has 0 aliphatic rings. The van der Waals surface area contributed by atoms with Gasteiger partial charge >= 0.3 is 0 Å².